The summed E-state index contributed by atoms with van der Waals surface area (Å²) in [7, 11) is 0. The van der Waals surface area contributed by atoms with Crippen molar-refractivity contribution in [3.8, 4) is 0 Å². The van der Waals surface area contributed by atoms with Gasteiger partial charge in [-0.25, -0.2) is 0 Å². The zero-order valence-electron chi connectivity index (χ0n) is 12.1. The molecule has 1 rings (SSSR count). The first kappa shape index (κ1) is 14.0. The van der Waals surface area contributed by atoms with E-state index in [9.17, 15) is 0 Å². The van der Waals surface area contributed by atoms with Crippen LogP contribution in [0.5, 0.6) is 0 Å². The van der Waals surface area contributed by atoms with Crippen LogP contribution in [-0.2, 0) is 4.74 Å². The lowest BCUT2D eigenvalue weighted by molar-refractivity contribution is -0.0876. The van der Waals surface area contributed by atoms with Crippen LogP contribution in [0.2, 0.25) is 0 Å². The van der Waals surface area contributed by atoms with Crippen molar-refractivity contribution < 1.29 is 4.74 Å². The lowest BCUT2D eigenvalue weighted by Crippen LogP contribution is -2.40. The van der Waals surface area contributed by atoms with E-state index in [0.29, 0.717) is 5.92 Å². The van der Waals surface area contributed by atoms with Crippen molar-refractivity contribution in [1.82, 2.24) is 0 Å². The molecule has 0 aromatic heterocycles. The van der Waals surface area contributed by atoms with E-state index in [0.717, 1.165) is 12.8 Å². The smallest absolute Gasteiger partial charge is 0.0667 e. The first-order valence-electron chi connectivity index (χ1n) is 6.42. The van der Waals surface area contributed by atoms with Gasteiger partial charge in [0, 0.05) is 6.04 Å². The summed E-state index contributed by atoms with van der Waals surface area (Å²) in [5.41, 5.74) is 6.17. The molecule has 1 fully saturated rings. The normalized spacial score (nSPS) is 30.4. The largest absolute Gasteiger partial charge is 0.369 e. The van der Waals surface area contributed by atoms with E-state index in [2.05, 4.69) is 48.5 Å². The van der Waals surface area contributed by atoms with Crippen molar-refractivity contribution in [2.24, 2.45) is 17.1 Å². The Hall–Kier alpha value is -0.0800. The molecular formula is C14H29NO. The van der Waals surface area contributed by atoms with Gasteiger partial charge in [-0.2, -0.15) is 0 Å². The third kappa shape index (κ3) is 2.98. The predicted octanol–water partition coefficient (Wildman–Crippen LogP) is 3.34. The summed E-state index contributed by atoms with van der Waals surface area (Å²) < 4.78 is 6.18. The summed E-state index contributed by atoms with van der Waals surface area (Å²) in [5.74, 6) is 0.570. The Kier molecular flexibility index (Phi) is 3.49. The second-order valence-electron chi connectivity index (χ2n) is 7.39. The van der Waals surface area contributed by atoms with Crippen LogP contribution in [-0.4, -0.2) is 17.2 Å². The molecule has 2 nitrogen and oxygen atoms in total. The van der Waals surface area contributed by atoms with Gasteiger partial charge in [0.2, 0.25) is 0 Å². The van der Waals surface area contributed by atoms with Gasteiger partial charge in [-0.1, -0.05) is 13.8 Å². The summed E-state index contributed by atoms with van der Waals surface area (Å²) in [4.78, 5) is 0. The van der Waals surface area contributed by atoms with Crippen molar-refractivity contribution >= 4 is 0 Å². The molecule has 1 aliphatic heterocycles. The van der Waals surface area contributed by atoms with Gasteiger partial charge in [0.1, 0.15) is 0 Å². The van der Waals surface area contributed by atoms with E-state index in [1.807, 2.05) is 0 Å². The highest BCUT2D eigenvalue weighted by Crippen LogP contribution is 2.51. The Morgan fingerprint density at radius 3 is 2.12 bits per heavy atom. The summed E-state index contributed by atoms with van der Waals surface area (Å²) in [6.45, 7) is 15.6. The molecule has 0 spiro atoms. The number of hydrogen-bond acceptors (Lipinski definition) is 2. The molecule has 0 radical (unpaired) electrons. The minimum Gasteiger partial charge on any atom is -0.369 e. The summed E-state index contributed by atoms with van der Waals surface area (Å²) in [6.07, 6.45) is 2.18. The SMILES string of the molecule is CC(N)CC(C)(C)C1CC(C)(C)OC1(C)C. The molecule has 2 N–H and O–H groups in total. The van der Waals surface area contributed by atoms with Crippen molar-refractivity contribution in [1.29, 1.82) is 0 Å². The first-order chi connectivity index (χ1) is 6.96. The maximum Gasteiger partial charge on any atom is 0.0667 e. The molecule has 96 valence electrons. The molecule has 0 bridgehead atoms. The summed E-state index contributed by atoms with van der Waals surface area (Å²) >= 11 is 0. The average Bonchev–Trinajstić information content (AvgIpc) is 2.16. The maximum absolute atomic E-state index is 6.18. The van der Waals surface area contributed by atoms with Crippen molar-refractivity contribution in [3.63, 3.8) is 0 Å². The van der Waals surface area contributed by atoms with Crippen molar-refractivity contribution in [3.05, 3.63) is 0 Å². The molecule has 0 saturated carbocycles. The van der Waals surface area contributed by atoms with Gasteiger partial charge in [0.25, 0.3) is 0 Å². The minimum atomic E-state index is -0.0398. The lowest BCUT2D eigenvalue weighted by Gasteiger charge is -2.40. The van der Waals surface area contributed by atoms with E-state index < -0.39 is 0 Å². The quantitative estimate of drug-likeness (QED) is 0.802. The van der Waals surface area contributed by atoms with Crippen LogP contribution in [0.4, 0.5) is 0 Å². The molecule has 0 aliphatic carbocycles. The van der Waals surface area contributed by atoms with Crippen LogP contribution >= 0.6 is 0 Å². The van der Waals surface area contributed by atoms with Gasteiger partial charge in [-0.05, 0) is 58.8 Å². The molecule has 1 heterocycles. The third-order valence-corrected chi connectivity index (χ3v) is 3.87. The third-order valence-electron chi connectivity index (χ3n) is 3.87. The van der Waals surface area contributed by atoms with Gasteiger partial charge < -0.3 is 10.5 Å². The minimum absolute atomic E-state index is 0.00325. The second kappa shape index (κ2) is 3.99. The van der Waals surface area contributed by atoms with Gasteiger partial charge in [-0.15, -0.1) is 0 Å². The Labute approximate surface area is 101 Å². The molecule has 2 heteroatoms. The Balaban J connectivity index is 2.87. The molecule has 16 heavy (non-hydrogen) atoms. The van der Waals surface area contributed by atoms with Gasteiger partial charge >= 0.3 is 0 Å². The van der Waals surface area contributed by atoms with E-state index >= 15 is 0 Å². The fourth-order valence-corrected chi connectivity index (χ4v) is 3.75. The predicted molar refractivity (Wildman–Crippen MR) is 69.4 cm³/mol. The van der Waals surface area contributed by atoms with Gasteiger partial charge in [-0.3, -0.25) is 0 Å². The number of rotatable bonds is 3. The van der Waals surface area contributed by atoms with Crippen LogP contribution < -0.4 is 5.73 Å². The average molecular weight is 227 g/mol. The molecule has 1 saturated heterocycles. The number of nitrogens with two attached hydrogens (primary N) is 1. The Morgan fingerprint density at radius 1 is 1.31 bits per heavy atom. The zero-order chi connectivity index (χ0) is 12.8. The second-order valence-corrected chi connectivity index (χ2v) is 7.39. The van der Waals surface area contributed by atoms with Gasteiger partial charge in [0.05, 0.1) is 11.2 Å². The summed E-state index contributed by atoms with van der Waals surface area (Å²) in [5, 5.41) is 0. The van der Waals surface area contributed by atoms with Crippen LogP contribution in [0.3, 0.4) is 0 Å². The van der Waals surface area contributed by atoms with Gasteiger partial charge in [0.15, 0.2) is 0 Å². The highest BCUT2D eigenvalue weighted by Gasteiger charge is 2.51. The molecule has 2 unspecified atom stereocenters. The molecule has 0 aromatic rings. The van der Waals surface area contributed by atoms with E-state index in [4.69, 9.17) is 10.5 Å². The van der Waals surface area contributed by atoms with Crippen molar-refractivity contribution in [2.75, 3.05) is 0 Å². The molecule has 2 atom stereocenters. The standard InChI is InChI=1S/C14H29NO/c1-10(15)8-12(2,3)11-9-13(4,5)16-14(11,6)7/h10-11H,8-9,15H2,1-7H3. The lowest BCUT2D eigenvalue weighted by atomic mass is 9.66. The van der Waals surface area contributed by atoms with Crippen molar-refractivity contribution in [2.45, 2.75) is 78.6 Å². The van der Waals surface area contributed by atoms with Crippen LogP contribution in [0, 0.1) is 11.3 Å². The Morgan fingerprint density at radius 2 is 1.81 bits per heavy atom. The zero-order valence-corrected chi connectivity index (χ0v) is 12.1. The number of ether oxygens (including phenoxy) is 1. The van der Waals surface area contributed by atoms with Crippen LogP contribution in [0.15, 0.2) is 0 Å². The van der Waals surface area contributed by atoms with E-state index in [1.54, 1.807) is 0 Å². The fourth-order valence-electron chi connectivity index (χ4n) is 3.75. The van der Waals surface area contributed by atoms with E-state index in [-0.39, 0.29) is 22.7 Å². The summed E-state index contributed by atoms with van der Waals surface area (Å²) in [6, 6.07) is 0.259. The van der Waals surface area contributed by atoms with Crippen LogP contribution in [0.25, 0.3) is 0 Å². The Bertz CT molecular complexity index is 253. The van der Waals surface area contributed by atoms with E-state index in [1.165, 1.54) is 0 Å². The molecule has 0 amide bonds. The van der Waals surface area contributed by atoms with Crippen LogP contribution in [0.1, 0.15) is 61.3 Å². The number of hydrogen-bond donors (Lipinski definition) is 1. The maximum atomic E-state index is 6.18. The highest BCUT2D eigenvalue weighted by atomic mass is 16.5. The first-order valence-corrected chi connectivity index (χ1v) is 6.42. The molecule has 0 aromatic carbocycles. The molecule has 1 aliphatic rings. The topological polar surface area (TPSA) is 35.2 Å². The monoisotopic (exact) mass is 227 g/mol. The molecular weight excluding hydrogens is 198 g/mol. The highest BCUT2D eigenvalue weighted by molar-refractivity contribution is 5.00. The fraction of sp³-hybridized carbons (Fsp3) is 1.00.